The first kappa shape index (κ1) is 15.5. The molecule has 0 aromatic rings. The molecule has 0 aromatic carbocycles. The minimum Gasteiger partial charge on any atom is -0.447 e. The SMILES string of the molecule is COCCOC(=O)NCNC(=O)OCCOC. The molecule has 17 heavy (non-hydrogen) atoms. The molecule has 0 heterocycles. The molecule has 8 nitrogen and oxygen atoms in total. The number of alkyl carbamates (subject to hydrolysis) is 2. The Morgan fingerprint density at radius 1 is 0.824 bits per heavy atom. The fraction of sp³-hybridized carbons (Fsp3) is 0.778. The van der Waals surface area contributed by atoms with Crippen LogP contribution in [0.5, 0.6) is 0 Å². The lowest BCUT2D eigenvalue weighted by Crippen LogP contribution is -2.38. The van der Waals surface area contributed by atoms with Crippen molar-refractivity contribution < 1.29 is 28.5 Å². The van der Waals surface area contributed by atoms with E-state index in [2.05, 4.69) is 29.6 Å². The minimum absolute atomic E-state index is 0.0718. The highest BCUT2D eigenvalue weighted by Crippen LogP contribution is 1.79. The minimum atomic E-state index is -0.640. The molecule has 0 unspecified atom stereocenters. The van der Waals surface area contributed by atoms with Crippen LogP contribution in [-0.2, 0) is 18.9 Å². The summed E-state index contributed by atoms with van der Waals surface area (Å²) < 4.78 is 18.7. The van der Waals surface area contributed by atoms with E-state index in [4.69, 9.17) is 0 Å². The Hall–Kier alpha value is -1.54. The van der Waals surface area contributed by atoms with Crippen LogP contribution in [0.1, 0.15) is 0 Å². The topological polar surface area (TPSA) is 95.1 Å². The lowest BCUT2D eigenvalue weighted by Gasteiger charge is -2.08. The number of hydrogen-bond donors (Lipinski definition) is 2. The molecule has 0 aliphatic carbocycles. The van der Waals surface area contributed by atoms with Crippen LogP contribution >= 0.6 is 0 Å². The Labute approximate surface area is 99.5 Å². The van der Waals surface area contributed by atoms with Crippen LogP contribution in [-0.4, -0.2) is 59.5 Å². The quantitative estimate of drug-likeness (QED) is 0.453. The van der Waals surface area contributed by atoms with E-state index in [1.54, 1.807) is 0 Å². The fourth-order valence-corrected chi connectivity index (χ4v) is 0.726. The smallest absolute Gasteiger partial charge is 0.408 e. The van der Waals surface area contributed by atoms with Gasteiger partial charge in [-0.05, 0) is 0 Å². The summed E-state index contributed by atoms with van der Waals surface area (Å²) in [6, 6.07) is 0. The molecule has 0 aromatic heterocycles. The average molecular weight is 250 g/mol. The molecule has 0 saturated carbocycles. The molecule has 2 amide bonds. The highest BCUT2D eigenvalue weighted by molar-refractivity contribution is 5.69. The van der Waals surface area contributed by atoms with Crippen LogP contribution in [0.2, 0.25) is 0 Å². The molecule has 0 saturated heterocycles. The van der Waals surface area contributed by atoms with E-state index in [9.17, 15) is 9.59 Å². The molecular formula is C9H18N2O6. The maximum atomic E-state index is 11.0. The second-order valence-electron chi connectivity index (χ2n) is 2.79. The lowest BCUT2D eigenvalue weighted by molar-refractivity contribution is 0.0935. The van der Waals surface area contributed by atoms with Crippen molar-refractivity contribution in [2.45, 2.75) is 0 Å². The van der Waals surface area contributed by atoms with E-state index in [1.807, 2.05) is 0 Å². The van der Waals surface area contributed by atoms with Gasteiger partial charge in [-0.15, -0.1) is 0 Å². The normalized spacial score (nSPS) is 9.53. The van der Waals surface area contributed by atoms with Gasteiger partial charge in [0.2, 0.25) is 0 Å². The van der Waals surface area contributed by atoms with Crippen LogP contribution in [0.3, 0.4) is 0 Å². The molecule has 0 spiro atoms. The molecular weight excluding hydrogens is 232 g/mol. The maximum absolute atomic E-state index is 11.0. The van der Waals surface area contributed by atoms with Crippen molar-refractivity contribution in [3.8, 4) is 0 Å². The van der Waals surface area contributed by atoms with Crippen molar-refractivity contribution in [2.75, 3.05) is 47.3 Å². The number of amides is 2. The summed E-state index contributed by atoms with van der Waals surface area (Å²) in [5, 5.41) is 4.61. The summed E-state index contributed by atoms with van der Waals surface area (Å²) in [6.45, 7) is 0.874. The molecule has 0 atom stereocenters. The zero-order chi connectivity index (χ0) is 12.9. The summed E-state index contributed by atoms with van der Waals surface area (Å²) >= 11 is 0. The number of carbonyl (C=O) groups is 2. The highest BCUT2D eigenvalue weighted by Gasteiger charge is 2.03. The van der Waals surface area contributed by atoms with E-state index in [0.29, 0.717) is 13.2 Å². The predicted molar refractivity (Wildman–Crippen MR) is 57.6 cm³/mol. The van der Waals surface area contributed by atoms with Gasteiger partial charge in [0, 0.05) is 14.2 Å². The van der Waals surface area contributed by atoms with Crippen molar-refractivity contribution in [1.29, 1.82) is 0 Å². The van der Waals surface area contributed by atoms with Crippen LogP contribution in [0.4, 0.5) is 9.59 Å². The number of rotatable bonds is 8. The van der Waals surface area contributed by atoms with E-state index in [-0.39, 0.29) is 19.9 Å². The number of hydrogen-bond acceptors (Lipinski definition) is 6. The highest BCUT2D eigenvalue weighted by atomic mass is 16.6. The van der Waals surface area contributed by atoms with Gasteiger partial charge in [-0.3, -0.25) is 0 Å². The second-order valence-corrected chi connectivity index (χ2v) is 2.79. The van der Waals surface area contributed by atoms with Crippen LogP contribution < -0.4 is 10.6 Å². The fourth-order valence-electron chi connectivity index (χ4n) is 0.726. The van der Waals surface area contributed by atoms with Gasteiger partial charge in [-0.2, -0.15) is 0 Å². The van der Waals surface area contributed by atoms with Gasteiger partial charge in [0.1, 0.15) is 13.2 Å². The third-order valence-corrected chi connectivity index (χ3v) is 1.51. The number of methoxy groups -OCH3 is 2. The second kappa shape index (κ2) is 11.0. The summed E-state index contributed by atoms with van der Waals surface area (Å²) in [5.41, 5.74) is 0. The van der Waals surface area contributed by atoms with Crippen LogP contribution in [0.25, 0.3) is 0 Å². The number of carbonyl (C=O) groups excluding carboxylic acids is 2. The molecule has 0 aliphatic heterocycles. The van der Waals surface area contributed by atoms with E-state index < -0.39 is 12.2 Å². The monoisotopic (exact) mass is 250 g/mol. The molecule has 100 valence electrons. The first-order valence-corrected chi connectivity index (χ1v) is 4.99. The zero-order valence-electron chi connectivity index (χ0n) is 9.99. The number of nitrogens with one attached hydrogen (secondary N) is 2. The van der Waals surface area contributed by atoms with Crippen LogP contribution in [0, 0.1) is 0 Å². The Kier molecular flexibility index (Phi) is 9.97. The lowest BCUT2D eigenvalue weighted by atomic mass is 10.8. The molecule has 0 radical (unpaired) electrons. The van der Waals surface area contributed by atoms with Crippen molar-refractivity contribution in [3.63, 3.8) is 0 Å². The van der Waals surface area contributed by atoms with Gasteiger partial charge in [-0.1, -0.05) is 0 Å². The largest absolute Gasteiger partial charge is 0.447 e. The van der Waals surface area contributed by atoms with Gasteiger partial charge in [0.25, 0.3) is 0 Å². The van der Waals surface area contributed by atoms with Gasteiger partial charge in [0.05, 0.1) is 19.9 Å². The average Bonchev–Trinajstić information content (AvgIpc) is 2.30. The standard InChI is InChI=1S/C9H18N2O6/c1-14-3-5-16-8(12)10-7-11-9(13)17-6-4-15-2/h3-7H2,1-2H3,(H,10,12)(H,11,13). The van der Waals surface area contributed by atoms with Crippen molar-refractivity contribution in [3.05, 3.63) is 0 Å². The molecule has 0 fully saturated rings. The Balaban J connectivity index is 3.36. The first-order chi connectivity index (χ1) is 8.20. The Morgan fingerprint density at radius 2 is 1.24 bits per heavy atom. The number of ether oxygens (including phenoxy) is 4. The summed E-state index contributed by atoms with van der Waals surface area (Å²) in [7, 11) is 3.00. The maximum Gasteiger partial charge on any atom is 0.408 e. The van der Waals surface area contributed by atoms with E-state index >= 15 is 0 Å². The van der Waals surface area contributed by atoms with E-state index in [1.165, 1.54) is 14.2 Å². The first-order valence-electron chi connectivity index (χ1n) is 4.99. The van der Waals surface area contributed by atoms with Crippen LogP contribution in [0.15, 0.2) is 0 Å². The molecule has 0 rings (SSSR count). The summed E-state index contributed by atoms with van der Waals surface area (Å²) in [4.78, 5) is 21.9. The van der Waals surface area contributed by atoms with Crippen molar-refractivity contribution in [2.24, 2.45) is 0 Å². The van der Waals surface area contributed by atoms with Gasteiger partial charge < -0.3 is 29.6 Å². The van der Waals surface area contributed by atoms with Gasteiger partial charge in [-0.25, -0.2) is 9.59 Å². The van der Waals surface area contributed by atoms with Crippen molar-refractivity contribution >= 4 is 12.2 Å². The van der Waals surface area contributed by atoms with E-state index in [0.717, 1.165) is 0 Å². The third kappa shape index (κ3) is 10.7. The molecule has 0 bridgehead atoms. The van der Waals surface area contributed by atoms with Crippen molar-refractivity contribution in [1.82, 2.24) is 10.6 Å². The van der Waals surface area contributed by atoms with Gasteiger partial charge in [0.15, 0.2) is 0 Å². The predicted octanol–water partition coefficient (Wildman–Crippen LogP) is -0.311. The summed E-state index contributed by atoms with van der Waals surface area (Å²) in [6.07, 6.45) is -1.28. The Morgan fingerprint density at radius 3 is 1.59 bits per heavy atom. The zero-order valence-corrected chi connectivity index (χ0v) is 9.99. The third-order valence-electron chi connectivity index (χ3n) is 1.51. The molecule has 2 N–H and O–H groups in total. The van der Waals surface area contributed by atoms with Gasteiger partial charge >= 0.3 is 12.2 Å². The Bertz CT molecular complexity index is 202. The molecule has 8 heteroatoms. The molecule has 0 aliphatic rings. The summed E-state index contributed by atoms with van der Waals surface area (Å²) in [5.74, 6) is 0.